The first-order valence-corrected chi connectivity index (χ1v) is 11.9. The Morgan fingerprint density at radius 3 is 2.71 bits per heavy atom. The summed E-state index contributed by atoms with van der Waals surface area (Å²) in [5.74, 6) is 2.48. The molecule has 0 spiro atoms. The monoisotopic (exact) mass is 554 g/mol. The van der Waals surface area contributed by atoms with Crippen molar-refractivity contribution < 1.29 is 4.74 Å². The van der Waals surface area contributed by atoms with Crippen molar-refractivity contribution in [3.05, 3.63) is 52.2 Å². The third kappa shape index (κ3) is 5.54. The number of para-hydroxylation sites is 1. The smallest absolute Gasteiger partial charge is 0.191 e. The molecule has 1 aromatic heterocycles. The zero-order valence-electron chi connectivity index (χ0n) is 18.8. The molecule has 2 aliphatic rings. The van der Waals surface area contributed by atoms with Gasteiger partial charge >= 0.3 is 0 Å². The van der Waals surface area contributed by atoms with Gasteiger partial charge in [-0.2, -0.15) is 0 Å². The average Bonchev–Trinajstić information content (AvgIpc) is 3.37. The van der Waals surface area contributed by atoms with Crippen molar-refractivity contribution in [1.29, 1.82) is 0 Å². The Morgan fingerprint density at radius 2 is 2.03 bits per heavy atom. The number of hydrogen-bond acceptors (Lipinski definition) is 4. The van der Waals surface area contributed by atoms with Gasteiger partial charge < -0.3 is 15.4 Å². The molecule has 2 aromatic rings. The normalized spacial score (nSPS) is 23.0. The molecule has 2 unspecified atom stereocenters. The van der Waals surface area contributed by atoms with Gasteiger partial charge in [0, 0.05) is 42.0 Å². The molecule has 5 nitrogen and oxygen atoms in total. The van der Waals surface area contributed by atoms with Crippen LogP contribution < -0.4 is 15.4 Å². The van der Waals surface area contributed by atoms with Crippen LogP contribution in [-0.2, 0) is 5.41 Å². The fourth-order valence-corrected chi connectivity index (χ4v) is 5.84. The van der Waals surface area contributed by atoms with E-state index in [0.717, 1.165) is 24.8 Å². The van der Waals surface area contributed by atoms with E-state index >= 15 is 0 Å². The molecule has 4 rings (SSSR count). The van der Waals surface area contributed by atoms with Crippen LogP contribution in [0.4, 0.5) is 0 Å². The highest BCUT2D eigenvalue weighted by molar-refractivity contribution is 14.0. The molecule has 2 heterocycles. The summed E-state index contributed by atoms with van der Waals surface area (Å²) in [5.41, 5.74) is 1.47. The second-order valence-corrected chi connectivity index (χ2v) is 9.61. The van der Waals surface area contributed by atoms with Crippen LogP contribution in [0.25, 0.3) is 0 Å². The lowest BCUT2D eigenvalue weighted by Crippen LogP contribution is -2.46. The van der Waals surface area contributed by atoms with Crippen LogP contribution in [0, 0.1) is 5.92 Å². The quantitative estimate of drug-likeness (QED) is 0.297. The Kier molecular flexibility index (Phi) is 8.64. The highest BCUT2D eigenvalue weighted by Crippen LogP contribution is 2.50. The maximum Gasteiger partial charge on any atom is 0.191 e. The molecule has 7 heteroatoms. The molecule has 2 N–H and O–H groups in total. The molecule has 2 fully saturated rings. The van der Waals surface area contributed by atoms with Crippen LogP contribution in [0.3, 0.4) is 0 Å². The largest absolute Gasteiger partial charge is 0.496 e. The number of nitrogens with zero attached hydrogens (tertiary/aromatic N) is 2. The van der Waals surface area contributed by atoms with Gasteiger partial charge in [0.2, 0.25) is 0 Å². The van der Waals surface area contributed by atoms with Crippen molar-refractivity contribution in [1.82, 2.24) is 15.5 Å². The number of guanidine groups is 1. The highest BCUT2D eigenvalue weighted by atomic mass is 127. The molecule has 0 radical (unpaired) electrons. The molecule has 1 aromatic carbocycles. The fraction of sp³-hybridized carbons (Fsp3) is 0.542. The lowest BCUT2D eigenvalue weighted by atomic mass is 9.88. The molecule has 2 atom stereocenters. The minimum absolute atomic E-state index is 0. The first-order chi connectivity index (χ1) is 14.7. The third-order valence-corrected chi connectivity index (χ3v) is 7.67. The van der Waals surface area contributed by atoms with Crippen LogP contribution in [-0.4, -0.2) is 51.7 Å². The Bertz CT molecular complexity index is 853. The number of halogens is 1. The summed E-state index contributed by atoms with van der Waals surface area (Å²) < 4.78 is 5.61. The van der Waals surface area contributed by atoms with Crippen molar-refractivity contribution in [3.63, 3.8) is 0 Å². The van der Waals surface area contributed by atoms with Crippen LogP contribution in [0.2, 0.25) is 0 Å². The van der Waals surface area contributed by atoms with Crippen LogP contribution in [0.5, 0.6) is 5.75 Å². The zero-order valence-corrected chi connectivity index (χ0v) is 21.9. The molecular weight excluding hydrogens is 519 g/mol. The number of likely N-dealkylation sites (tertiary alicyclic amines) is 1. The van der Waals surface area contributed by atoms with Gasteiger partial charge in [-0.25, -0.2) is 0 Å². The second-order valence-electron chi connectivity index (χ2n) is 8.63. The van der Waals surface area contributed by atoms with Gasteiger partial charge in [0.1, 0.15) is 5.75 Å². The first kappa shape index (κ1) is 24.3. The number of nitrogens with one attached hydrogen (secondary N) is 2. The van der Waals surface area contributed by atoms with Gasteiger partial charge in [-0.15, -0.1) is 35.3 Å². The molecule has 1 aliphatic carbocycles. The fourth-order valence-electron chi connectivity index (χ4n) is 4.86. The van der Waals surface area contributed by atoms with Crippen molar-refractivity contribution >= 4 is 41.3 Å². The summed E-state index contributed by atoms with van der Waals surface area (Å²) in [5, 5.41) is 9.40. The van der Waals surface area contributed by atoms with E-state index in [1.165, 1.54) is 42.7 Å². The lowest BCUT2D eigenvalue weighted by molar-refractivity contribution is 0.125. The predicted molar refractivity (Wildman–Crippen MR) is 141 cm³/mol. The molecule has 1 aliphatic heterocycles. The number of piperidine rings is 1. The Balaban J connectivity index is 0.00000272. The Morgan fingerprint density at radius 1 is 1.23 bits per heavy atom. The van der Waals surface area contributed by atoms with E-state index in [9.17, 15) is 0 Å². The first-order valence-electron chi connectivity index (χ1n) is 11.0. The zero-order chi connectivity index (χ0) is 21.0. The van der Waals surface area contributed by atoms with Gasteiger partial charge in [-0.1, -0.05) is 24.3 Å². The number of ether oxygens (including phenoxy) is 1. The van der Waals surface area contributed by atoms with Gasteiger partial charge in [0.15, 0.2) is 5.96 Å². The second kappa shape index (κ2) is 11.0. The van der Waals surface area contributed by atoms with Crippen molar-refractivity contribution in [2.75, 3.05) is 40.8 Å². The van der Waals surface area contributed by atoms with Crippen molar-refractivity contribution in [2.45, 2.75) is 37.1 Å². The molecule has 0 bridgehead atoms. The Hall–Kier alpha value is -1.32. The third-order valence-electron chi connectivity index (χ3n) is 6.72. The highest BCUT2D eigenvalue weighted by Gasteiger charge is 2.46. The maximum absolute atomic E-state index is 5.61. The van der Waals surface area contributed by atoms with E-state index in [1.54, 1.807) is 7.11 Å². The summed E-state index contributed by atoms with van der Waals surface area (Å²) in [6.07, 6.45) is 4.88. The maximum atomic E-state index is 5.61. The lowest BCUT2D eigenvalue weighted by Gasteiger charge is -2.39. The number of thiophene rings is 1. The van der Waals surface area contributed by atoms with E-state index < -0.39 is 0 Å². The molecule has 170 valence electrons. The molecule has 31 heavy (non-hydrogen) atoms. The van der Waals surface area contributed by atoms with Gasteiger partial charge in [0.05, 0.1) is 7.11 Å². The topological polar surface area (TPSA) is 48.9 Å². The van der Waals surface area contributed by atoms with E-state index in [4.69, 9.17) is 4.74 Å². The van der Waals surface area contributed by atoms with Crippen molar-refractivity contribution in [3.8, 4) is 5.75 Å². The number of aliphatic imine (C=N–C) groups is 1. The van der Waals surface area contributed by atoms with E-state index in [1.807, 2.05) is 24.5 Å². The van der Waals surface area contributed by atoms with Crippen LogP contribution >= 0.6 is 35.3 Å². The summed E-state index contributed by atoms with van der Waals surface area (Å²) in [7, 11) is 5.88. The summed E-state index contributed by atoms with van der Waals surface area (Å²) in [4.78, 5) is 8.48. The predicted octanol–water partition coefficient (Wildman–Crippen LogP) is 4.65. The molecular formula is C24H35IN4OS. The number of rotatable bonds is 7. The van der Waals surface area contributed by atoms with Crippen LogP contribution in [0.15, 0.2) is 46.8 Å². The Labute approximate surface area is 207 Å². The molecule has 1 saturated carbocycles. The van der Waals surface area contributed by atoms with E-state index in [2.05, 4.69) is 63.3 Å². The standard InChI is InChI=1S/C24H34N4OS.HI/c1-25-23(27-17-24(12-13-24)19-9-4-5-10-20(19)29-3)26-16-18-8-6-14-28(2)22(18)21-11-7-15-30-21;/h4-5,7,9-11,15,18,22H,6,8,12-14,16-17H2,1-3H3,(H2,25,26,27);1H. The number of hydrogen-bond donors (Lipinski definition) is 2. The van der Waals surface area contributed by atoms with E-state index in [0.29, 0.717) is 12.0 Å². The summed E-state index contributed by atoms with van der Waals surface area (Å²) >= 11 is 1.87. The van der Waals surface area contributed by atoms with Crippen LogP contribution in [0.1, 0.15) is 42.2 Å². The van der Waals surface area contributed by atoms with Gasteiger partial charge in [-0.3, -0.25) is 9.89 Å². The molecule has 0 amide bonds. The van der Waals surface area contributed by atoms with Gasteiger partial charge in [0.25, 0.3) is 0 Å². The van der Waals surface area contributed by atoms with Gasteiger partial charge in [-0.05, 0) is 62.7 Å². The minimum atomic E-state index is 0. The number of benzene rings is 1. The molecule has 1 saturated heterocycles. The average molecular weight is 555 g/mol. The minimum Gasteiger partial charge on any atom is -0.496 e. The van der Waals surface area contributed by atoms with Crippen molar-refractivity contribution in [2.24, 2.45) is 10.9 Å². The number of methoxy groups -OCH3 is 1. The SMILES string of the molecule is CN=C(NCC1CCCN(C)C1c1cccs1)NCC1(c2ccccc2OC)CC1.I. The van der Waals surface area contributed by atoms with E-state index in [-0.39, 0.29) is 29.4 Å². The summed E-state index contributed by atoms with van der Waals surface area (Å²) in [6, 6.07) is 13.3. The summed E-state index contributed by atoms with van der Waals surface area (Å²) in [6.45, 7) is 2.99.